The van der Waals surface area contributed by atoms with E-state index in [0.717, 1.165) is 11.3 Å². The number of rotatable bonds is 5. The van der Waals surface area contributed by atoms with Crippen molar-refractivity contribution in [1.82, 2.24) is 0 Å². The molecule has 19 heavy (non-hydrogen) atoms. The van der Waals surface area contributed by atoms with Gasteiger partial charge in [0.05, 0.1) is 23.8 Å². The number of nitrogens with two attached hydrogens (primary N) is 1. The normalized spacial score (nSPS) is 11.8. The van der Waals surface area contributed by atoms with Crippen LogP contribution in [0, 0.1) is 0 Å². The zero-order chi connectivity index (χ0) is 13.7. The van der Waals surface area contributed by atoms with Gasteiger partial charge in [-0.3, -0.25) is 4.79 Å². The molecule has 1 atom stereocenters. The number of benzene rings is 2. The lowest BCUT2D eigenvalue weighted by Crippen LogP contribution is -2.16. The molecule has 2 rings (SSSR count). The van der Waals surface area contributed by atoms with Crippen LogP contribution in [0.3, 0.4) is 0 Å². The number of carbonyl (C=O) groups is 1. The number of aliphatic carboxylic acids is 1. The van der Waals surface area contributed by atoms with Gasteiger partial charge in [-0.25, -0.2) is 0 Å². The maximum Gasteiger partial charge on any atom is 0.305 e. The van der Waals surface area contributed by atoms with Gasteiger partial charge >= 0.3 is 5.97 Å². The molecule has 2 aromatic rings. The molecule has 0 saturated carbocycles. The van der Waals surface area contributed by atoms with Crippen molar-refractivity contribution in [3.8, 4) is 0 Å². The molecule has 0 fully saturated rings. The summed E-state index contributed by atoms with van der Waals surface area (Å²) < 4.78 is 0. The summed E-state index contributed by atoms with van der Waals surface area (Å²) in [5.41, 5.74) is 8.15. The topological polar surface area (TPSA) is 75.3 Å². The van der Waals surface area contributed by atoms with E-state index in [4.69, 9.17) is 10.8 Å². The molecule has 98 valence electrons. The van der Waals surface area contributed by atoms with Crippen molar-refractivity contribution < 1.29 is 9.90 Å². The van der Waals surface area contributed by atoms with Crippen molar-refractivity contribution in [2.24, 2.45) is 0 Å². The van der Waals surface area contributed by atoms with Crippen LogP contribution in [0.5, 0.6) is 0 Å². The molecule has 0 aromatic heterocycles. The van der Waals surface area contributed by atoms with Crippen molar-refractivity contribution in [3.05, 3.63) is 60.2 Å². The average Bonchev–Trinajstić information content (AvgIpc) is 2.41. The van der Waals surface area contributed by atoms with Crippen LogP contribution in [0.4, 0.5) is 11.4 Å². The lowest BCUT2D eigenvalue weighted by Gasteiger charge is -2.19. The highest BCUT2D eigenvalue weighted by molar-refractivity contribution is 5.71. The fourth-order valence-corrected chi connectivity index (χ4v) is 1.93. The lowest BCUT2D eigenvalue weighted by atomic mass is 10.0. The Morgan fingerprint density at radius 1 is 1.11 bits per heavy atom. The van der Waals surface area contributed by atoms with Crippen molar-refractivity contribution in [1.29, 1.82) is 0 Å². The van der Waals surface area contributed by atoms with E-state index in [1.165, 1.54) is 0 Å². The Labute approximate surface area is 111 Å². The first-order valence-electron chi connectivity index (χ1n) is 6.04. The standard InChI is InChI=1S/C15H16N2O2/c16-12-8-4-5-9-13(12)17-14(10-15(18)19)11-6-2-1-3-7-11/h1-9,14,17H,10,16H2,(H,18,19)/t14-/m1/s1. The van der Waals surface area contributed by atoms with E-state index in [0.29, 0.717) is 5.69 Å². The minimum Gasteiger partial charge on any atom is -0.481 e. The van der Waals surface area contributed by atoms with E-state index in [2.05, 4.69) is 5.32 Å². The minimum atomic E-state index is -0.851. The van der Waals surface area contributed by atoms with E-state index < -0.39 is 5.97 Å². The van der Waals surface area contributed by atoms with Gasteiger partial charge < -0.3 is 16.2 Å². The largest absolute Gasteiger partial charge is 0.481 e. The average molecular weight is 256 g/mol. The van der Waals surface area contributed by atoms with Crippen molar-refractivity contribution in [2.45, 2.75) is 12.5 Å². The van der Waals surface area contributed by atoms with E-state index in [1.807, 2.05) is 48.5 Å². The van der Waals surface area contributed by atoms with Gasteiger partial charge in [0.1, 0.15) is 0 Å². The number of carboxylic acid groups (broad SMARTS) is 1. The van der Waals surface area contributed by atoms with Crippen LogP contribution in [0.25, 0.3) is 0 Å². The van der Waals surface area contributed by atoms with E-state index in [1.54, 1.807) is 6.07 Å². The van der Waals surface area contributed by atoms with Gasteiger partial charge in [0, 0.05) is 0 Å². The second-order valence-corrected chi connectivity index (χ2v) is 4.29. The molecule has 0 unspecified atom stereocenters. The fraction of sp³-hybridized carbons (Fsp3) is 0.133. The summed E-state index contributed by atoms with van der Waals surface area (Å²) in [5.74, 6) is -0.851. The lowest BCUT2D eigenvalue weighted by molar-refractivity contribution is -0.137. The van der Waals surface area contributed by atoms with Crippen LogP contribution in [-0.4, -0.2) is 11.1 Å². The smallest absolute Gasteiger partial charge is 0.305 e. The third-order valence-electron chi connectivity index (χ3n) is 2.87. The summed E-state index contributed by atoms with van der Waals surface area (Å²) in [4.78, 5) is 11.0. The number of carboxylic acids is 1. The summed E-state index contributed by atoms with van der Waals surface area (Å²) in [6.45, 7) is 0. The monoisotopic (exact) mass is 256 g/mol. The Balaban J connectivity index is 2.24. The van der Waals surface area contributed by atoms with E-state index >= 15 is 0 Å². The van der Waals surface area contributed by atoms with E-state index in [9.17, 15) is 4.79 Å². The number of nitrogen functional groups attached to an aromatic ring is 1. The van der Waals surface area contributed by atoms with Gasteiger partial charge in [-0.1, -0.05) is 42.5 Å². The third kappa shape index (κ3) is 3.48. The first kappa shape index (κ1) is 13.0. The Bertz CT molecular complexity index is 555. The molecule has 0 aliphatic rings. The van der Waals surface area contributed by atoms with Crippen LogP contribution in [0.2, 0.25) is 0 Å². The highest BCUT2D eigenvalue weighted by atomic mass is 16.4. The molecule has 4 nitrogen and oxygen atoms in total. The highest BCUT2D eigenvalue weighted by Gasteiger charge is 2.15. The van der Waals surface area contributed by atoms with Crippen molar-refractivity contribution in [2.75, 3.05) is 11.1 Å². The number of hydrogen-bond acceptors (Lipinski definition) is 3. The molecule has 2 aromatic carbocycles. The molecule has 0 aliphatic heterocycles. The predicted octanol–water partition coefficient (Wildman–Crippen LogP) is 2.90. The predicted molar refractivity (Wildman–Crippen MR) is 75.9 cm³/mol. The Morgan fingerprint density at radius 3 is 2.37 bits per heavy atom. The van der Waals surface area contributed by atoms with Crippen molar-refractivity contribution in [3.63, 3.8) is 0 Å². The van der Waals surface area contributed by atoms with Gasteiger partial charge in [-0.2, -0.15) is 0 Å². The number of nitrogens with one attached hydrogen (secondary N) is 1. The summed E-state index contributed by atoms with van der Waals surface area (Å²) >= 11 is 0. The molecule has 0 aliphatic carbocycles. The molecule has 4 N–H and O–H groups in total. The Kier molecular flexibility index (Phi) is 4.03. The Hall–Kier alpha value is -2.49. The first-order valence-corrected chi connectivity index (χ1v) is 6.04. The van der Waals surface area contributed by atoms with E-state index in [-0.39, 0.29) is 12.5 Å². The van der Waals surface area contributed by atoms with Crippen LogP contribution in [0.15, 0.2) is 54.6 Å². The first-order chi connectivity index (χ1) is 9.16. The van der Waals surface area contributed by atoms with Crippen LogP contribution >= 0.6 is 0 Å². The quantitative estimate of drug-likeness (QED) is 0.719. The maximum atomic E-state index is 11.0. The highest BCUT2D eigenvalue weighted by Crippen LogP contribution is 2.26. The van der Waals surface area contributed by atoms with Crippen LogP contribution in [0.1, 0.15) is 18.0 Å². The zero-order valence-electron chi connectivity index (χ0n) is 10.4. The number of hydrogen-bond donors (Lipinski definition) is 3. The van der Waals surface area contributed by atoms with Crippen LogP contribution in [-0.2, 0) is 4.79 Å². The second-order valence-electron chi connectivity index (χ2n) is 4.29. The molecule has 0 saturated heterocycles. The summed E-state index contributed by atoms with van der Waals surface area (Å²) in [7, 11) is 0. The summed E-state index contributed by atoms with van der Waals surface area (Å²) in [5, 5.41) is 12.2. The van der Waals surface area contributed by atoms with Crippen LogP contribution < -0.4 is 11.1 Å². The summed E-state index contributed by atoms with van der Waals surface area (Å²) in [6, 6.07) is 16.5. The van der Waals surface area contributed by atoms with Gasteiger partial charge in [0.2, 0.25) is 0 Å². The molecule has 0 radical (unpaired) electrons. The maximum absolute atomic E-state index is 11.0. The minimum absolute atomic E-state index is 0.00164. The molecule has 0 spiro atoms. The Morgan fingerprint density at radius 2 is 1.74 bits per heavy atom. The molecular formula is C15H16N2O2. The van der Waals surface area contributed by atoms with Gasteiger partial charge in [0.15, 0.2) is 0 Å². The molecule has 0 heterocycles. The molecular weight excluding hydrogens is 240 g/mol. The summed E-state index contributed by atoms with van der Waals surface area (Å²) in [6.07, 6.45) is -0.00164. The van der Waals surface area contributed by atoms with Crippen molar-refractivity contribution >= 4 is 17.3 Å². The number of anilines is 2. The fourth-order valence-electron chi connectivity index (χ4n) is 1.93. The SMILES string of the molecule is Nc1ccccc1N[C@H](CC(=O)O)c1ccccc1. The number of para-hydroxylation sites is 2. The van der Waals surface area contributed by atoms with Gasteiger partial charge in [-0.15, -0.1) is 0 Å². The zero-order valence-corrected chi connectivity index (χ0v) is 10.4. The molecule has 4 heteroatoms. The third-order valence-corrected chi connectivity index (χ3v) is 2.87. The van der Waals surface area contributed by atoms with Gasteiger partial charge in [0.25, 0.3) is 0 Å². The molecule has 0 amide bonds. The van der Waals surface area contributed by atoms with Gasteiger partial charge in [-0.05, 0) is 17.7 Å². The molecule has 0 bridgehead atoms. The second kappa shape index (κ2) is 5.91.